The van der Waals surface area contributed by atoms with Gasteiger partial charge in [-0.25, -0.2) is 4.98 Å². The van der Waals surface area contributed by atoms with E-state index in [9.17, 15) is 5.11 Å². The number of hydrogen-bond acceptors (Lipinski definition) is 5. The number of nitrogens with one attached hydrogen (secondary N) is 1. The van der Waals surface area contributed by atoms with Crippen molar-refractivity contribution in [2.45, 2.75) is 31.2 Å². The molecule has 0 unspecified atom stereocenters. The smallest absolute Gasteiger partial charge is 0.224 e. The number of hydrogen-bond donors (Lipinski definition) is 3. The molecule has 16 heavy (non-hydrogen) atoms. The molecule has 0 amide bonds. The van der Waals surface area contributed by atoms with E-state index in [1.54, 1.807) is 0 Å². The molecule has 0 spiro atoms. The number of halogens is 1. The molecule has 0 aromatic carbocycles. The molecule has 0 atom stereocenters. The van der Waals surface area contributed by atoms with Gasteiger partial charge < -0.3 is 16.2 Å². The van der Waals surface area contributed by atoms with Crippen LogP contribution < -0.4 is 11.1 Å². The molecule has 0 aliphatic heterocycles. The summed E-state index contributed by atoms with van der Waals surface area (Å²) in [5.74, 6) is 0.510. The van der Waals surface area contributed by atoms with Crippen LogP contribution in [0.25, 0.3) is 0 Å². The number of rotatable bonds is 3. The Morgan fingerprint density at radius 2 is 2.19 bits per heavy atom. The Morgan fingerprint density at radius 1 is 1.50 bits per heavy atom. The van der Waals surface area contributed by atoms with Crippen molar-refractivity contribution in [2.24, 2.45) is 0 Å². The molecule has 0 radical (unpaired) electrons. The standard InChI is InChI=1S/C10H15ClN4O/c11-9-13-5-7(12)8(14-9)15-10(6-16)3-1-2-4-10/h5,16H,1-4,6,12H2,(H,13,14,15). The molecule has 4 N–H and O–H groups in total. The highest BCUT2D eigenvalue weighted by Crippen LogP contribution is 2.33. The van der Waals surface area contributed by atoms with Gasteiger partial charge in [-0.05, 0) is 24.4 Å². The first kappa shape index (κ1) is 11.4. The molecular formula is C10H15ClN4O. The van der Waals surface area contributed by atoms with Crippen molar-refractivity contribution in [3.05, 3.63) is 11.5 Å². The Balaban J connectivity index is 2.21. The van der Waals surface area contributed by atoms with E-state index in [1.165, 1.54) is 6.20 Å². The second-order valence-electron chi connectivity index (χ2n) is 4.21. The number of nitrogen functional groups attached to an aromatic ring is 1. The number of nitrogens with zero attached hydrogens (tertiary/aromatic N) is 2. The quantitative estimate of drug-likeness (QED) is 0.699. The summed E-state index contributed by atoms with van der Waals surface area (Å²) in [7, 11) is 0. The van der Waals surface area contributed by atoms with Crippen LogP contribution in [0.3, 0.4) is 0 Å². The van der Waals surface area contributed by atoms with Crippen molar-refractivity contribution in [3.8, 4) is 0 Å². The Morgan fingerprint density at radius 3 is 2.81 bits per heavy atom. The van der Waals surface area contributed by atoms with Gasteiger partial charge >= 0.3 is 0 Å². The summed E-state index contributed by atoms with van der Waals surface area (Å²) in [6.07, 6.45) is 5.52. The second-order valence-corrected chi connectivity index (χ2v) is 4.55. The second kappa shape index (κ2) is 4.43. The Bertz CT molecular complexity index is 379. The molecule has 1 aliphatic rings. The first-order valence-corrected chi connectivity index (χ1v) is 5.70. The minimum atomic E-state index is -0.300. The summed E-state index contributed by atoms with van der Waals surface area (Å²) in [4.78, 5) is 7.83. The Hall–Kier alpha value is -1.07. The van der Waals surface area contributed by atoms with Crippen molar-refractivity contribution < 1.29 is 5.11 Å². The zero-order valence-corrected chi connectivity index (χ0v) is 9.67. The van der Waals surface area contributed by atoms with E-state index in [0.717, 1.165) is 25.7 Å². The van der Waals surface area contributed by atoms with Gasteiger partial charge in [0, 0.05) is 0 Å². The van der Waals surface area contributed by atoms with Crippen molar-refractivity contribution >= 4 is 23.1 Å². The zero-order chi connectivity index (χ0) is 11.6. The molecule has 1 aromatic rings. The molecule has 1 saturated carbocycles. The summed E-state index contributed by atoms with van der Waals surface area (Å²) < 4.78 is 0. The van der Waals surface area contributed by atoms with Gasteiger partial charge in [0.1, 0.15) is 0 Å². The van der Waals surface area contributed by atoms with Gasteiger partial charge in [0.15, 0.2) is 5.82 Å². The molecule has 2 rings (SSSR count). The molecule has 1 aliphatic carbocycles. The molecule has 0 bridgehead atoms. The highest BCUT2D eigenvalue weighted by atomic mass is 35.5. The predicted octanol–water partition coefficient (Wildman–Crippen LogP) is 1.43. The van der Waals surface area contributed by atoms with Crippen molar-refractivity contribution in [2.75, 3.05) is 17.7 Å². The summed E-state index contributed by atoms with van der Waals surface area (Å²) in [5.41, 5.74) is 5.90. The lowest BCUT2D eigenvalue weighted by Crippen LogP contribution is -2.39. The lowest BCUT2D eigenvalue weighted by Gasteiger charge is -2.29. The fraction of sp³-hybridized carbons (Fsp3) is 0.600. The van der Waals surface area contributed by atoms with Gasteiger partial charge in [0.25, 0.3) is 0 Å². The number of nitrogens with two attached hydrogens (primary N) is 1. The fourth-order valence-electron chi connectivity index (χ4n) is 2.10. The summed E-state index contributed by atoms with van der Waals surface area (Å²) in [5, 5.41) is 12.8. The van der Waals surface area contributed by atoms with Crippen LogP contribution in [0.15, 0.2) is 6.20 Å². The van der Waals surface area contributed by atoms with Gasteiger partial charge in [-0.15, -0.1) is 0 Å². The predicted molar refractivity (Wildman–Crippen MR) is 63.4 cm³/mol. The monoisotopic (exact) mass is 242 g/mol. The van der Waals surface area contributed by atoms with E-state index >= 15 is 0 Å². The molecule has 1 heterocycles. The fourth-order valence-corrected chi connectivity index (χ4v) is 2.23. The maximum atomic E-state index is 9.46. The van der Waals surface area contributed by atoms with E-state index in [0.29, 0.717) is 11.5 Å². The maximum absolute atomic E-state index is 9.46. The van der Waals surface area contributed by atoms with E-state index in [-0.39, 0.29) is 17.4 Å². The molecule has 6 heteroatoms. The molecule has 1 aromatic heterocycles. The number of aliphatic hydroxyl groups excluding tert-OH is 1. The normalized spacial score (nSPS) is 18.6. The molecular weight excluding hydrogens is 228 g/mol. The SMILES string of the molecule is Nc1cnc(Cl)nc1NC1(CO)CCCC1. The van der Waals surface area contributed by atoms with Gasteiger partial charge in [-0.3, -0.25) is 0 Å². The third-order valence-corrected chi connectivity index (χ3v) is 3.22. The van der Waals surface area contributed by atoms with Crippen LogP contribution in [-0.2, 0) is 0 Å². The van der Waals surface area contributed by atoms with Crippen LogP contribution in [0.2, 0.25) is 5.28 Å². The van der Waals surface area contributed by atoms with Crippen molar-refractivity contribution in [1.82, 2.24) is 9.97 Å². The third-order valence-electron chi connectivity index (χ3n) is 3.03. The highest BCUT2D eigenvalue weighted by Gasteiger charge is 2.33. The molecule has 0 saturated heterocycles. The third kappa shape index (κ3) is 2.20. The number of aliphatic hydroxyl groups is 1. The van der Waals surface area contributed by atoms with Gasteiger partial charge in [-0.2, -0.15) is 4.98 Å². The highest BCUT2D eigenvalue weighted by molar-refractivity contribution is 6.28. The van der Waals surface area contributed by atoms with Crippen LogP contribution in [0.1, 0.15) is 25.7 Å². The lowest BCUT2D eigenvalue weighted by atomic mass is 9.99. The zero-order valence-electron chi connectivity index (χ0n) is 8.91. The summed E-state index contributed by atoms with van der Waals surface area (Å²) >= 11 is 5.71. The van der Waals surface area contributed by atoms with Crippen LogP contribution in [0, 0.1) is 0 Å². The lowest BCUT2D eigenvalue weighted by molar-refractivity contribution is 0.214. The van der Waals surface area contributed by atoms with E-state index < -0.39 is 0 Å². The van der Waals surface area contributed by atoms with Crippen molar-refractivity contribution in [1.29, 1.82) is 0 Å². The molecule has 1 fully saturated rings. The van der Waals surface area contributed by atoms with E-state index in [1.807, 2.05) is 0 Å². The number of aromatic nitrogens is 2. The minimum absolute atomic E-state index is 0.0774. The summed E-state index contributed by atoms with van der Waals surface area (Å²) in [6.45, 7) is 0.0774. The average molecular weight is 243 g/mol. The van der Waals surface area contributed by atoms with E-state index in [4.69, 9.17) is 17.3 Å². The number of anilines is 2. The largest absolute Gasteiger partial charge is 0.394 e. The average Bonchev–Trinajstić information content (AvgIpc) is 2.73. The molecule has 5 nitrogen and oxygen atoms in total. The summed E-state index contributed by atoms with van der Waals surface area (Å²) in [6, 6.07) is 0. The maximum Gasteiger partial charge on any atom is 0.224 e. The van der Waals surface area contributed by atoms with Crippen LogP contribution in [-0.4, -0.2) is 27.2 Å². The van der Waals surface area contributed by atoms with Gasteiger partial charge in [0.05, 0.1) is 24.0 Å². The first-order chi connectivity index (χ1) is 7.65. The Kier molecular flexibility index (Phi) is 3.16. The molecule has 88 valence electrons. The van der Waals surface area contributed by atoms with Crippen LogP contribution in [0.5, 0.6) is 0 Å². The van der Waals surface area contributed by atoms with Gasteiger partial charge in [0.2, 0.25) is 5.28 Å². The van der Waals surface area contributed by atoms with Crippen LogP contribution in [0.4, 0.5) is 11.5 Å². The Labute approximate surface area is 99.0 Å². The first-order valence-electron chi connectivity index (χ1n) is 5.32. The minimum Gasteiger partial charge on any atom is -0.394 e. The van der Waals surface area contributed by atoms with E-state index in [2.05, 4.69) is 15.3 Å². The van der Waals surface area contributed by atoms with Crippen molar-refractivity contribution in [3.63, 3.8) is 0 Å². The van der Waals surface area contributed by atoms with Crippen LogP contribution >= 0.6 is 11.6 Å². The topological polar surface area (TPSA) is 84.1 Å². The van der Waals surface area contributed by atoms with Gasteiger partial charge in [-0.1, -0.05) is 12.8 Å².